The number of carboxylic acids is 1. The molecule has 10 nitrogen and oxygen atoms in total. The van der Waals surface area contributed by atoms with E-state index in [0.29, 0.717) is 0 Å². The van der Waals surface area contributed by atoms with E-state index in [4.69, 9.17) is 22.0 Å². The van der Waals surface area contributed by atoms with Crippen LogP contribution in [0.15, 0.2) is 24.3 Å². The minimum Gasteiger partial charge on any atom is -0.478 e. The van der Waals surface area contributed by atoms with E-state index >= 15 is 0 Å². The van der Waals surface area contributed by atoms with E-state index in [9.17, 15) is 19.5 Å². The Morgan fingerprint density at radius 2 is 1.80 bits per heavy atom. The molecular weight excluding hydrogens is 330 g/mol. The number of aliphatic hydroxyl groups excluding tert-OH is 1. The highest BCUT2D eigenvalue weighted by Crippen LogP contribution is 2.00. The molecule has 0 fully saturated rings. The van der Waals surface area contributed by atoms with Gasteiger partial charge < -0.3 is 32.3 Å². The van der Waals surface area contributed by atoms with Gasteiger partial charge in [0.05, 0.1) is 11.9 Å². The summed E-state index contributed by atoms with van der Waals surface area (Å²) in [5.41, 5.74) is 10.9. The van der Waals surface area contributed by atoms with Crippen molar-refractivity contribution in [2.75, 3.05) is 13.1 Å². The predicted octanol–water partition coefficient (Wildman–Crippen LogP) is -1.79. The monoisotopic (exact) mass is 355 g/mol. The molecule has 9 N–H and O–H groups in total. The van der Waals surface area contributed by atoms with Crippen LogP contribution in [0.3, 0.4) is 0 Å². The first kappa shape index (κ1) is 22.3. The lowest BCUT2D eigenvalue weighted by Crippen LogP contribution is -2.38. The van der Waals surface area contributed by atoms with Crippen LogP contribution in [0, 0.1) is 5.41 Å². The number of amidine groups is 1. The van der Waals surface area contributed by atoms with Crippen LogP contribution in [0.2, 0.25) is 0 Å². The number of carbonyl (C=O) groups is 3. The van der Waals surface area contributed by atoms with Gasteiger partial charge in [0.25, 0.3) is 0 Å². The van der Waals surface area contributed by atoms with Crippen molar-refractivity contribution in [3.63, 3.8) is 0 Å². The molecule has 140 valence electrons. The zero-order chi connectivity index (χ0) is 19.2. The fourth-order valence-electron chi connectivity index (χ4n) is 1.72. The van der Waals surface area contributed by atoms with Crippen molar-refractivity contribution in [3.8, 4) is 0 Å². The van der Waals surface area contributed by atoms with Gasteiger partial charge in [-0.25, -0.2) is 4.79 Å². The van der Waals surface area contributed by atoms with Crippen molar-refractivity contribution in [3.05, 3.63) is 24.3 Å². The number of nitrogens with two attached hydrogens (primary N) is 2. The van der Waals surface area contributed by atoms with Crippen LogP contribution in [-0.2, 0) is 14.4 Å². The van der Waals surface area contributed by atoms with E-state index in [1.54, 1.807) is 0 Å². The van der Waals surface area contributed by atoms with Gasteiger partial charge in [0.2, 0.25) is 11.8 Å². The van der Waals surface area contributed by atoms with Gasteiger partial charge in [0, 0.05) is 44.1 Å². The van der Waals surface area contributed by atoms with E-state index in [1.165, 1.54) is 12.2 Å². The smallest absolute Gasteiger partial charge is 0.328 e. The molecule has 0 unspecified atom stereocenters. The van der Waals surface area contributed by atoms with Crippen LogP contribution in [0.4, 0.5) is 0 Å². The number of aliphatic carboxylic acids is 1. The van der Waals surface area contributed by atoms with Crippen molar-refractivity contribution in [1.82, 2.24) is 10.6 Å². The highest BCUT2D eigenvalue weighted by Gasteiger charge is 2.14. The number of carbonyl (C=O) groups excluding carboxylic acids is 2. The first-order chi connectivity index (χ1) is 11.7. The molecule has 0 rings (SSSR count). The van der Waals surface area contributed by atoms with Gasteiger partial charge in [-0.15, -0.1) is 0 Å². The Kier molecular flexibility index (Phi) is 11.3. The lowest BCUT2D eigenvalue weighted by molar-refractivity contribution is -0.131. The molecular formula is C15H25N5O5. The number of nitrogens with one attached hydrogen (secondary N) is 3. The third kappa shape index (κ3) is 14.6. The van der Waals surface area contributed by atoms with Gasteiger partial charge in [-0.05, 0) is 6.42 Å². The molecule has 10 heteroatoms. The minimum atomic E-state index is -1.13. The van der Waals surface area contributed by atoms with Crippen LogP contribution in [0.5, 0.6) is 0 Å². The second-order valence-corrected chi connectivity index (χ2v) is 5.28. The lowest BCUT2D eigenvalue weighted by atomic mass is 10.1. The van der Waals surface area contributed by atoms with Crippen LogP contribution >= 0.6 is 0 Å². The standard InChI is InChI=1S/C15H25N5O5/c16-10(8-14(23)19-6-5-12(17)18)7-11(21)9-20-13(22)3-1-2-4-15(24)25/h1-4,10-11,21H,5-9,16H2,(H3,17,18)(H,19,23)(H,20,22)(H,24,25)/b3-1+,4-2+/t10-,11-/m1/s1. The Morgan fingerprint density at radius 1 is 1.16 bits per heavy atom. The fraction of sp³-hybridized carbons (Fsp3) is 0.467. The first-order valence-corrected chi connectivity index (χ1v) is 7.59. The highest BCUT2D eigenvalue weighted by molar-refractivity contribution is 5.88. The van der Waals surface area contributed by atoms with Crippen molar-refractivity contribution >= 4 is 23.6 Å². The Balaban J connectivity index is 3.98. The number of allylic oxidation sites excluding steroid dienone is 2. The summed E-state index contributed by atoms with van der Waals surface area (Å²) in [5, 5.41) is 30.2. The summed E-state index contributed by atoms with van der Waals surface area (Å²) in [5.74, 6) is -1.95. The first-order valence-electron chi connectivity index (χ1n) is 7.59. The summed E-state index contributed by atoms with van der Waals surface area (Å²) in [4.78, 5) is 33.2. The molecule has 2 amide bonds. The Morgan fingerprint density at radius 3 is 2.40 bits per heavy atom. The second kappa shape index (κ2) is 12.7. The molecule has 0 spiro atoms. The molecule has 0 radical (unpaired) electrons. The van der Waals surface area contributed by atoms with E-state index in [1.807, 2.05) is 0 Å². The summed E-state index contributed by atoms with van der Waals surface area (Å²) in [6.07, 6.45) is 3.89. The Hall–Kier alpha value is -2.72. The SMILES string of the molecule is N=C(N)CCNC(=O)C[C@H](N)C[C@@H](O)CNC(=O)/C=C/C=C/C(=O)O. The summed E-state index contributed by atoms with van der Waals surface area (Å²) in [7, 11) is 0. The number of hydrogen-bond acceptors (Lipinski definition) is 6. The average molecular weight is 355 g/mol. The Bertz CT molecular complexity index is 532. The third-order valence-corrected chi connectivity index (χ3v) is 2.85. The van der Waals surface area contributed by atoms with Gasteiger partial charge in [0.1, 0.15) is 0 Å². The van der Waals surface area contributed by atoms with Crippen molar-refractivity contribution in [1.29, 1.82) is 5.41 Å². The van der Waals surface area contributed by atoms with E-state index < -0.39 is 24.0 Å². The van der Waals surface area contributed by atoms with Crippen LogP contribution < -0.4 is 22.1 Å². The molecule has 0 aromatic rings. The molecule has 0 saturated heterocycles. The summed E-state index contributed by atoms with van der Waals surface area (Å²) in [6, 6.07) is -0.585. The van der Waals surface area contributed by atoms with Gasteiger partial charge in [-0.3, -0.25) is 15.0 Å². The van der Waals surface area contributed by atoms with E-state index in [-0.39, 0.29) is 44.1 Å². The fourth-order valence-corrected chi connectivity index (χ4v) is 1.72. The summed E-state index contributed by atoms with van der Waals surface area (Å²) in [6.45, 7) is 0.202. The zero-order valence-electron chi connectivity index (χ0n) is 13.8. The van der Waals surface area contributed by atoms with Crippen molar-refractivity contribution < 1.29 is 24.6 Å². The third-order valence-electron chi connectivity index (χ3n) is 2.85. The van der Waals surface area contributed by atoms with Gasteiger partial charge in [-0.1, -0.05) is 12.2 Å². The number of carboxylic acid groups (broad SMARTS) is 1. The molecule has 0 aliphatic carbocycles. The lowest BCUT2D eigenvalue weighted by Gasteiger charge is -2.16. The molecule has 0 aliphatic heterocycles. The van der Waals surface area contributed by atoms with Gasteiger partial charge in [0.15, 0.2) is 0 Å². The molecule has 0 bridgehead atoms. The maximum Gasteiger partial charge on any atom is 0.328 e. The number of amides is 2. The zero-order valence-corrected chi connectivity index (χ0v) is 13.8. The van der Waals surface area contributed by atoms with Crippen molar-refractivity contribution in [2.45, 2.75) is 31.4 Å². The molecule has 0 aromatic heterocycles. The normalized spacial score (nSPS) is 13.5. The van der Waals surface area contributed by atoms with Crippen LogP contribution in [-0.4, -0.2) is 59.1 Å². The Labute approximate surface area is 145 Å². The van der Waals surface area contributed by atoms with Crippen LogP contribution in [0.25, 0.3) is 0 Å². The average Bonchev–Trinajstić information content (AvgIpc) is 2.48. The second-order valence-electron chi connectivity index (χ2n) is 5.28. The molecule has 2 atom stereocenters. The van der Waals surface area contributed by atoms with Crippen molar-refractivity contribution in [2.24, 2.45) is 11.5 Å². The minimum absolute atomic E-state index is 0.00277. The molecule has 25 heavy (non-hydrogen) atoms. The topological polar surface area (TPSA) is 192 Å². The van der Waals surface area contributed by atoms with Crippen LogP contribution in [0.1, 0.15) is 19.3 Å². The number of hydrogen-bond donors (Lipinski definition) is 7. The maximum absolute atomic E-state index is 11.6. The summed E-state index contributed by atoms with van der Waals surface area (Å²) < 4.78 is 0. The quantitative estimate of drug-likeness (QED) is 0.0929. The molecule has 0 saturated carbocycles. The van der Waals surface area contributed by atoms with E-state index in [2.05, 4.69) is 10.6 Å². The maximum atomic E-state index is 11.6. The van der Waals surface area contributed by atoms with E-state index in [0.717, 1.165) is 12.2 Å². The molecule has 0 aromatic carbocycles. The van der Waals surface area contributed by atoms with Gasteiger partial charge >= 0.3 is 5.97 Å². The number of aliphatic hydroxyl groups is 1. The summed E-state index contributed by atoms with van der Waals surface area (Å²) >= 11 is 0. The molecule has 0 aliphatic rings. The highest BCUT2D eigenvalue weighted by atomic mass is 16.4. The molecule has 0 heterocycles. The number of rotatable bonds is 12. The van der Waals surface area contributed by atoms with Gasteiger partial charge in [-0.2, -0.15) is 0 Å². The predicted molar refractivity (Wildman–Crippen MR) is 91.7 cm³/mol. The largest absolute Gasteiger partial charge is 0.478 e.